The Hall–Kier alpha value is -3.00. The van der Waals surface area contributed by atoms with E-state index in [-0.39, 0.29) is 5.82 Å². The first kappa shape index (κ1) is 18.4. The Bertz CT molecular complexity index is 1050. The number of nitrogens with zero attached hydrogens (tertiary/aromatic N) is 5. The van der Waals surface area contributed by atoms with Crippen LogP contribution >= 0.6 is 11.8 Å². The number of halogens is 1. The summed E-state index contributed by atoms with van der Waals surface area (Å²) in [4.78, 5) is 4.39. The molecule has 6 nitrogen and oxygen atoms in total. The van der Waals surface area contributed by atoms with Crippen molar-refractivity contribution >= 4 is 11.8 Å². The Morgan fingerprint density at radius 1 is 1.04 bits per heavy atom. The van der Waals surface area contributed by atoms with Crippen molar-refractivity contribution in [3.8, 4) is 17.1 Å². The zero-order chi connectivity index (χ0) is 19.3. The molecule has 8 heteroatoms. The quantitative estimate of drug-likeness (QED) is 0.423. The van der Waals surface area contributed by atoms with Crippen LogP contribution in [0.4, 0.5) is 4.39 Å². The van der Waals surface area contributed by atoms with Crippen molar-refractivity contribution in [3.63, 3.8) is 0 Å². The monoisotopic (exact) mass is 395 g/mol. The van der Waals surface area contributed by atoms with E-state index in [9.17, 15) is 4.39 Å². The fourth-order valence-electron chi connectivity index (χ4n) is 2.76. The molecule has 0 spiro atoms. The summed E-state index contributed by atoms with van der Waals surface area (Å²) in [5.41, 5.74) is 1.71. The predicted molar refractivity (Wildman–Crippen MR) is 105 cm³/mol. The highest BCUT2D eigenvalue weighted by Gasteiger charge is 2.17. The summed E-state index contributed by atoms with van der Waals surface area (Å²) in [5, 5.41) is 13.4. The molecule has 0 aliphatic heterocycles. The van der Waals surface area contributed by atoms with Gasteiger partial charge in [0.15, 0.2) is 16.8 Å². The van der Waals surface area contributed by atoms with Crippen LogP contribution in [-0.4, -0.2) is 24.9 Å². The van der Waals surface area contributed by atoms with Gasteiger partial charge in [-0.25, -0.2) is 4.39 Å². The van der Waals surface area contributed by atoms with E-state index >= 15 is 0 Å². The minimum absolute atomic E-state index is 0.290. The van der Waals surface area contributed by atoms with Crippen LogP contribution in [0.25, 0.3) is 17.1 Å². The lowest BCUT2D eigenvalue weighted by atomic mass is 10.2. The minimum atomic E-state index is -0.290. The molecular formula is C20H18FN5OS. The lowest BCUT2D eigenvalue weighted by Crippen LogP contribution is -2.00. The molecule has 0 amide bonds. The van der Waals surface area contributed by atoms with Crippen molar-refractivity contribution in [2.24, 2.45) is 0 Å². The average molecular weight is 395 g/mol. The van der Waals surface area contributed by atoms with Crippen LogP contribution < -0.4 is 0 Å². The number of benzene rings is 2. The molecular weight excluding hydrogens is 377 g/mol. The number of aryl methyl sites for hydroxylation is 1. The second kappa shape index (κ2) is 8.35. The van der Waals surface area contributed by atoms with Gasteiger partial charge in [-0.1, -0.05) is 54.2 Å². The van der Waals surface area contributed by atoms with E-state index < -0.39 is 0 Å². The summed E-state index contributed by atoms with van der Waals surface area (Å²) in [6.07, 6.45) is 1.75. The van der Waals surface area contributed by atoms with Gasteiger partial charge in [0.1, 0.15) is 5.82 Å². The molecule has 0 unspecified atom stereocenters. The summed E-state index contributed by atoms with van der Waals surface area (Å²) in [5.74, 6) is 2.13. The van der Waals surface area contributed by atoms with Crippen LogP contribution in [0.1, 0.15) is 25.1 Å². The van der Waals surface area contributed by atoms with Crippen molar-refractivity contribution < 1.29 is 8.91 Å². The third kappa shape index (κ3) is 3.96. The van der Waals surface area contributed by atoms with Gasteiger partial charge in [0, 0.05) is 17.7 Å². The first-order valence-electron chi connectivity index (χ1n) is 8.95. The zero-order valence-electron chi connectivity index (χ0n) is 15.2. The molecule has 2 aromatic carbocycles. The van der Waals surface area contributed by atoms with Crippen LogP contribution in [0, 0.1) is 5.82 Å². The second-order valence-corrected chi connectivity index (χ2v) is 7.07. The summed E-state index contributed by atoms with van der Waals surface area (Å²) >= 11 is 1.45. The van der Waals surface area contributed by atoms with Crippen molar-refractivity contribution in [3.05, 3.63) is 72.1 Å². The second-order valence-electron chi connectivity index (χ2n) is 6.13. The first-order chi connectivity index (χ1) is 13.7. The molecule has 0 saturated carbocycles. The number of thioether (sulfide) groups is 1. The van der Waals surface area contributed by atoms with Gasteiger partial charge >= 0.3 is 0 Å². The fourth-order valence-corrected chi connectivity index (χ4v) is 3.55. The Morgan fingerprint density at radius 3 is 2.57 bits per heavy atom. The average Bonchev–Trinajstić information content (AvgIpc) is 3.35. The lowest BCUT2D eigenvalue weighted by Gasteiger charge is -2.10. The number of aromatic nitrogens is 5. The number of rotatable bonds is 7. The van der Waals surface area contributed by atoms with Crippen LogP contribution in [0.5, 0.6) is 0 Å². The highest BCUT2D eigenvalue weighted by Crippen LogP contribution is 2.29. The van der Waals surface area contributed by atoms with E-state index in [0.29, 0.717) is 28.4 Å². The van der Waals surface area contributed by atoms with Crippen molar-refractivity contribution in [2.45, 2.75) is 30.7 Å². The van der Waals surface area contributed by atoms with Gasteiger partial charge in [0.25, 0.3) is 0 Å². The maximum absolute atomic E-state index is 13.4. The molecule has 0 atom stereocenters. The molecule has 4 rings (SSSR count). The SMILES string of the molecule is CCCc1noc(CSc2nnc(-c3ccccc3)n2-c2ccc(F)cc2)n1. The maximum Gasteiger partial charge on any atom is 0.237 e. The molecule has 2 aromatic heterocycles. The molecule has 28 heavy (non-hydrogen) atoms. The molecule has 0 aliphatic rings. The summed E-state index contributed by atoms with van der Waals surface area (Å²) in [6, 6.07) is 16.0. The van der Waals surface area contributed by atoms with Crippen LogP contribution in [0.3, 0.4) is 0 Å². The van der Waals surface area contributed by atoms with E-state index in [2.05, 4.69) is 27.3 Å². The topological polar surface area (TPSA) is 69.6 Å². The summed E-state index contributed by atoms with van der Waals surface area (Å²) in [6.45, 7) is 2.07. The van der Waals surface area contributed by atoms with Gasteiger partial charge in [0.2, 0.25) is 5.89 Å². The Kier molecular flexibility index (Phi) is 5.48. The highest BCUT2D eigenvalue weighted by atomic mass is 32.2. The number of hydrogen-bond acceptors (Lipinski definition) is 6. The molecule has 0 saturated heterocycles. The number of hydrogen-bond donors (Lipinski definition) is 0. The molecule has 0 aliphatic carbocycles. The molecule has 0 N–H and O–H groups in total. The lowest BCUT2D eigenvalue weighted by molar-refractivity contribution is 0.384. The van der Waals surface area contributed by atoms with E-state index in [1.54, 1.807) is 12.1 Å². The molecule has 2 heterocycles. The summed E-state index contributed by atoms with van der Waals surface area (Å²) < 4.78 is 20.6. The molecule has 142 valence electrons. The highest BCUT2D eigenvalue weighted by molar-refractivity contribution is 7.98. The van der Waals surface area contributed by atoms with Gasteiger partial charge in [-0.2, -0.15) is 4.98 Å². The Morgan fingerprint density at radius 2 is 1.82 bits per heavy atom. The standard InChI is InChI=1S/C20H18FN5OS/c1-2-6-17-22-18(27-25-17)13-28-20-24-23-19(14-7-4-3-5-8-14)26(20)16-11-9-15(21)10-12-16/h3-5,7-12H,2,6,13H2,1H3. The molecule has 0 fully saturated rings. The minimum Gasteiger partial charge on any atom is -0.338 e. The van der Waals surface area contributed by atoms with Gasteiger partial charge in [-0.15, -0.1) is 10.2 Å². The first-order valence-corrected chi connectivity index (χ1v) is 9.94. The Labute approximate surface area is 165 Å². The molecule has 0 radical (unpaired) electrons. The van der Waals surface area contributed by atoms with Gasteiger partial charge < -0.3 is 4.52 Å². The van der Waals surface area contributed by atoms with Gasteiger partial charge in [0.05, 0.1) is 5.75 Å². The summed E-state index contributed by atoms with van der Waals surface area (Å²) in [7, 11) is 0. The van der Waals surface area contributed by atoms with E-state index in [1.807, 2.05) is 34.9 Å². The van der Waals surface area contributed by atoms with E-state index in [0.717, 1.165) is 24.1 Å². The van der Waals surface area contributed by atoms with E-state index in [4.69, 9.17) is 4.52 Å². The van der Waals surface area contributed by atoms with Crippen molar-refractivity contribution in [2.75, 3.05) is 0 Å². The smallest absolute Gasteiger partial charge is 0.237 e. The third-order valence-corrected chi connectivity index (χ3v) is 4.97. The molecule has 4 aromatic rings. The predicted octanol–water partition coefficient (Wildman–Crippen LogP) is 4.70. The van der Waals surface area contributed by atoms with Crippen molar-refractivity contribution in [1.82, 2.24) is 24.9 Å². The maximum atomic E-state index is 13.4. The Balaban J connectivity index is 1.66. The van der Waals surface area contributed by atoms with Crippen LogP contribution in [0.2, 0.25) is 0 Å². The fraction of sp³-hybridized carbons (Fsp3) is 0.200. The van der Waals surface area contributed by atoms with Crippen LogP contribution in [-0.2, 0) is 12.2 Å². The normalized spacial score (nSPS) is 11.1. The van der Waals surface area contributed by atoms with Crippen LogP contribution in [0.15, 0.2) is 64.3 Å². The van der Waals surface area contributed by atoms with Gasteiger partial charge in [-0.05, 0) is 30.7 Å². The van der Waals surface area contributed by atoms with E-state index in [1.165, 1.54) is 23.9 Å². The largest absolute Gasteiger partial charge is 0.338 e. The van der Waals surface area contributed by atoms with Crippen molar-refractivity contribution in [1.29, 1.82) is 0 Å². The third-order valence-electron chi connectivity index (χ3n) is 4.06. The molecule has 0 bridgehead atoms. The van der Waals surface area contributed by atoms with Gasteiger partial charge in [-0.3, -0.25) is 4.57 Å². The zero-order valence-corrected chi connectivity index (χ0v) is 16.1.